The van der Waals surface area contributed by atoms with Gasteiger partial charge in [-0.1, -0.05) is 0 Å². The van der Waals surface area contributed by atoms with Crippen molar-refractivity contribution >= 4 is 12.0 Å². The Morgan fingerprint density at radius 3 is 2.57 bits per heavy atom. The summed E-state index contributed by atoms with van der Waals surface area (Å²) in [6.45, 7) is 1.54. The van der Waals surface area contributed by atoms with Crippen molar-refractivity contribution in [2.24, 2.45) is 0 Å². The molecular weight excluding hydrogens is 270 g/mol. The van der Waals surface area contributed by atoms with Crippen molar-refractivity contribution in [1.29, 1.82) is 0 Å². The van der Waals surface area contributed by atoms with Crippen molar-refractivity contribution < 1.29 is 14.7 Å². The third-order valence-electron chi connectivity index (χ3n) is 5.61. The van der Waals surface area contributed by atoms with Crippen molar-refractivity contribution in [3.63, 3.8) is 0 Å². The molecule has 0 radical (unpaired) electrons. The van der Waals surface area contributed by atoms with Crippen LogP contribution >= 0.6 is 0 Å². The first-order chi connectivity index (χ1) is 9.99. The van der Waals surface area contributed by atoms with E-state index in [-0.39, 0.29) is 12.5 Å². The molecule has 2 aliphatic heterocycles. The Labute approximate surface area is 125 Å². The van der Waals surface area contributed by atoms with Gasteiger partial charge in [0.1, 0.15) is 0 Å². The van der Waals surface area contributed by atoms with Gasteiger partial charge in [-0.2, -0.15) is 0 Å². The SMILES string of the molecule is CN1C2CCC1CN(C(=O)NC1(CC(=O)O)CCC1)CC2. The standard InChI is InChI=1S/C15H25N3O3/c1-17-11-3-4-12(17)10-18(8-5-11)14(21)16-15(6-2-7-15)9-13(19)20/h11-12H,2-10H2,1H3,(H,16,21)(H,19,20). The highest BCUT2D eigenvalue weighted by molar-refractivity contribution is 5.77. The van der Waals surface area contributed by atoms with E-state index in [0.717, 1.165) is 45.2 Å². The molecule has 3 rings (SSSR count). The van der Waals surface area contributed by atoms with Gasteiger partial charge in [0.15, 0.2) is 0 Å². The zero-order valence-corrected chi connectivity index (χ0v) is 12.7. The zero-order chi connectivity index (χ0) is 15.0. The molecule has 0 aromatic rings. The van der Waals surface area contributed by atoms with Crippen LogP contribution in [-0.2, 0) is 4.79 Å². The van der Waals surface area contributed by atoms with E-state index < -0.39 is 11.5 Å². The fraction of sp³-hybridized carbons (Fsp3) is 0.867. The molecule has 2 unspecified atom stereocenters. The summed E-state index contributed by atoms with van der Waals surface area (Å²) in [7, 11) is 2.15. The molecule has 2 heterocycles. The monoisotopic (exact) mass is 295 g/mol. The number of carboxylic acids is 1. The number of likely N-dealkylation sites (N-methyl/N-ethyl adjacent to an activating group) is 1. The van der Waals surface area contributed by atoms with Gasteiger partial charge in [0.2, 0.25) is 0 Å². The maximum atomic E-state index is 12.5. The Morgan fingerprint density at radius 1 is 1.24 bits per heavy atom. The first-order valence-electron chi connectivity index (χ1n) is 8.00. The second kappa shape index (κ2) is 5.48. The number of nitrogens with one attached hydrogen (secondary N) is 1. The average Bonchev–Trinajstić information content (AvgIpc) is 2.59. The number of nitrogens with zero attached hydrogens (tertiary/aromatic N) is 2. The molecule has 1 aliphatic carbocycles. The number of likely N-dealkylation sites (tertiary alicyclic amines) is 1. The second-order valence-electron chi connectivity index (χ2n) is 6.92. The van der Waals surface area contributed by atoms with Gasteiger partial charge in [0.05, 0.1) is 12.0 Å². The van der Waals surface area contributed by atoms with Crippen LogP contribution in [0.2, 0.25) is 0 Å². The second-order valence-corrected chi connectivity index (χ2v) is 6.92. The Hall–Kier alpha value is -1.30. The number of carboxylic acid groups (broad SMARTS) is 1. The van der Waals surface area contributed by atoms with E-state index in [9.17, 15) is 9.59 Å². The Bertz CT molecular complexity index is 436. The van der Waals surface area contributed by atoms with E-state index in [2.05, 4.69) is 17.3 Å². The fourth-order valence-corrected chi connectivity index (χ4v) is 4.04. The third-order valence-corrected chi connectivity index (χ3v) is 5.61. The van der Waals surface area contributed by atoms with Gasteiger partial charge in [-0.05, 0) is 45.6 Å². The van der Waals surface area contributed by atoms with Gasteiger partial charge >= 0.3 is 12.0 Å². The Morgan fingerprint density at radius 2 is 1.95 bits per heavy atom. The van der Waals surface area contributed by atoms with E-state index in [1.807, 2.05) is 4.90 Å². The Balaban J connectivity index is 1.61. The smallest absolute Gasteiger partial charge is 0.317 e. The van der Waals surface area contributed by atoms with Gasteiger partial charge in [-0.15, -0.1) is 0 Å². The topological polar surface area (TPSA) is 72.9 Å². The summed E-state index contributed by atoms with van der Waals surface area (Å²) >= 11 is 0. The number of aliphatic carboxylic acids is 1. The van der Waals surface area contributed by atoms with Crippen LogP contribution in [0, 0.1) is 0 Å². The summed E-state index contributed by atoms with van der Waals surface area (Å²) in [4.78, 5) is 27.8. The van der Waals surface area contributed by atoms with Crippen molar-refractivity contribution in [2.45, 2.75) is 62.6 Å². The lowest BCUT2D eigenvalue weighted by molar-refractivity contribution is -0.139. The van der Waals surface area contributed by atoms with E-state index >= 15 is 0 Å². The maximum Gasteiger partial charge on any atom is 0.317 e. The van der Waals surface area contributed by atoms with E-state index in [4.69, 9.17) is 5.11 Å². The van der Waals surface area contributed by atoms with Gasteiger partial charge in [0.25, 0.3) is 0 Å². The van der Waals surface area contributed by atoms with Crippen LogP contribution in [0.4, 0.5) is 4.79 Å². The molecule has 2 N–H and O–H groups in total. The maximum absolute atomic E-state index is 12.5. The minimum Gasteiger partial charge on any atom is -0.481 e. The number of hydrogen-bond acceptors (Lipinski definition) is 3. The minimum atomic E-state index is -0.829. The van der Waals surface area contributed by atoms with Crippen LogP contribution < -0.4 is 5.32 Å². The van der Waals surface area contributed by atoms with Gasteiger partial charge in [-0.3, -0.25) is 9.69 Å². The van der Waals surface area contributed by atoms with Crippen LogP contribution in [-0.4, -0.2) is 64.7 Å². The quantitative estimate of drug-likeness (QED) is 0.822. The minimum absolute atomic E-state index is 0.0402. The largest absolute Gasteiger partial charge is 0.481 e. The molecule has 3 fully saturated rings. The lowest BCUT2D eigenvalue weighted by atomic mass is 9.74. The summed E-state index contributed by atoms with van der Waals surface area (Å²) < 4.78 is 0. The first-order valence-corrected chi connectivity index (χ1v) is 8.00. The summed E-state index contributed by atoms with van der Waals surface area (Å²) in [5.74, 6) is -0.829. The van der Waals surface area contributed by atoms with Crippen molar-refractivity contribution in [3.8, 4) is 0 Å². The number of amides is 2. The molecule has 2 amide bonds. The van der Waals surface area contributed by atoms with Crippen LogP contribution in [0.5, 0.6) is 0 Å². The Kier molecular flexibility index (Phi) is 3.82. The number of fused-ring (bicyclic) bond motifs is 2. The molecule has 1 saturated carbocycles. The first kappa shape index (κ1) is 14.6. The molecule has 118 valence electrons. The van der Waals surface area contributed by atoms with Gasteiger partial charge in [0, 0.05) is 25.2 Å². The fourth-order valence-electron chi connectivity index (χ4n) is 4.04. The normalized spacial score (nSPS) is 31.4. The summed E-state index contributed by atoms with van der Waals surface area (Å²) in [6.07, 6.45) is 6.02. The molecule has 2 atom stereocenters. The predicted molar refractivity (Wildman–Crippen MR) is 78.1 cm³/mol. The molecule has 21 heavy (non-hydrogen) atoms. The van der Waals surface area contributed by atoms with Crippen LogP contribution in [0.15, 0.2) is 0 Å². The lowest BCUT2D eigenvalue weighted by Gasteiger charge is -2.42. The summed E-state index contributed by atoms with van der Waals surface area (Å²) in [5.41, 5.74) is -0.500. The number of carbonyl (C=O) groups excluding carboxylic acids is 1. The van der Waals surface area contributed by atoms with Crippen molar-refractivity contribution in [3.05, 3.63) is 0 Å². The number of rotatable bonds is 3. The van der Waals surface area contributed by atoms with Gasteiger partial charge < -0.3 is 15.3 Å². The van der Waals surface area contributed by atoms with Crippen LogP contribution in [0.3, 0.4) is 0 Å². The van der Waals surface area contributed by atoms with Crippen molar-refractivity contribution in [1.82, 2.24) is 15.1 Å². The summed E-state index contributed by atoms with van der Waals surface area (Å²) in [5, 5.41) is 12.1. The van der Waals surface area contributed by atoms with Crippen molar-refractivity contribution in [2.75, 3.05) is 20.1 Å². The molecule has 3 aliphatic rings. The molecule has 6 heteroatoms. The van der Waals surface area contributed by atoms with E-state index in [1.54, 1.807) is 0 Å². The van der Waals surface area contributed by atoms with Crippen LogP contribution in [0.25, 0.3) is 0 Å². The number of hydrogen-bond donors (Lipinski definition) is 2. The predicted octanol–water partition coefficient (Wildman–Crippen LogP) is 1.26. The molecule has 2 bridgehead atoms. The zero-order valence-electron chi connectivity index (χ0n) is 12.7. The highest BCUT2D eigenvalue weighted by Crippen LogP contribution is 2.35. The molecule has 0 spiro atoms. The summed E-state index contributed by atoms with van der Waals surface area (Å²) in [6, 6.07) is 0.987. The third kappa shape index (κ3) is 2.86. The van der Waals surface area contributed by atoms with Crippen LogP contribution in [0.1, 0.15) is 44.9 Å². The highest BCUT2D eigenvalue weighted by Gasteiger charge is 2.42. The highest BCUT2D eigenvalue weighted by atomic mass is 16.4. The van der Waals surface area contributed by atoms with E-state index in [1.165, 1.54) is 6.42 Å². The number of carbonyl (C=O) groups is 2. The van der Waals surface area contributed by atoms with E-state index in [0.29, 0.717) is 12.1 Å². The molecule has 2 saturated heterocycles. The van der Waals surface area contributed by atoms with Gasteiger partial charge in [-0.25, -0.2) is 4.79 Å². The molecular formula is C15H25N3O3. The molecule has 0 aromatic heterocycles. The average molecular weight is 295 g/mol. The number of urea groups is 1. The molecule has 0 aromatic carbocycles. The lowest BCUT2D eigenvalue weighted by Crippen LogP contribution is -2.58. The molecule has 6 nitrogen and oxygen atoms in total.